The lowest BCUT2D eigenvalue weighted by molar-refractivity contribution is -0.142. The SMILES string of the molecule is O=C(COC(=O)C=Cc1ccc2c(c1)OCO2)Nc1ccc(Cl)cc1C(F)(F)F. The minimum absolute atomic E-state index is 0.114. The molecule has 0 aromatic heterocycles. The third-order valence-electron chi connectivity index (χ3n) is 3.72. The van der Waals surface area contributed by atoms with E-state index < -0.39 is 35.9 Å². The zero-order valence-corrected chi connectivity index (χ0v) is 15.3. The number of benzene rings is 2. The summed E-state index contributed by atoms with van der Waals surface area (Å²) in [7, 11) is 0. The van der Waals surface area contributed by atoms with Crippen LogP contribution in [0.5, 0.6) is 11.5 Å². The summed E-state index contributed by atoms with van der Waals surface area (Å²) in [5.74, 6) is -0.655. The number of carbonyl (C=O) groups excluding carboxylic acids is 2. The summed E-state index contributed by atoms with van der Waals surface area (Å²) in [6.45, 7) is -0.645. The van der Waals surface area contributed by atoms with Gasteiger partial charge in [-0.2, -0.15) is 13.2 Å². The number of rotatable bonds is 5. The van der Waals surface area contributed by atoms with Gasteiger partial charge < -0.3 is 19.5 Å². The molecule has 0 bridgehead atoms. The molecule has 1 heterocycles. The Morgan fingerprint density at radius 3 is 2.66 bits per heavy atom. The third-order valence-corrected chi connectivity index (χ3v) is 3.95. The van der Waals surface area contributed by atoms with Crippen LogP contribution in [-0.2, 0) is 20.5 Å². The molecule has 0 saturated carbocycles. The zero-order chi connectivity index (χ0) is 21.0. The lowest BCUT2D eigenvalue weighted by atomic mass is 10.1. The van der Waals surface area contributed by atoms with Crippen LogP contribution in [0.4, 0.5) is 18.9 Å². The predicted octanol–water partition coefficient (Wildman–Crippen LogP) is 4.28. The topological polar surface area (TPSA) is 73.9 Å². The number of ether oxygens (including phenoxy) is 3. The van der Waals surface area contributed by atoms with Gasteiger partial charge in [-0.15, -0.1) is 0 Å². The second-order valence-electron chi connectivity index (χ2n) is 5.79. The van der Waals surface area contributed by atoms with Crippen LogP contribution in [0.25, 0.3) is 6.08 Å². The molecular weight excluding hydrogens is 415 g/mol. The Labute approximate surface area is 167 Å². The van der Waals surface area contributed by atoms with Crippen molar-refractivity contribution in [1.82, 2.24) is 0 Å². The van der Waals surface area contributed by atoms with E-state index in [-0.39, 0.29) is 11.8 Å². The number of amides is 1. The van der Waals surface area contributed by atoms with Gasteiger partial charge in [-0.3, -0.25) is 4.79 Å². The Morgan fingerprint density at radius 1 is 1.14 bits per heavy atom. The molecule has 0 atom stereocenters. The molecule has 0 aliphatic carbocycles. The monoisotopic (exact) mass is 427 g/mol. The maximum absolute atomic E-state index is 13.0. The van der Waals surface area contributed by atoms with E-state index in [1.54, 1.807) is 18.2 Å². The Balaban J connectivity index is 1.55. The largest absolute Gasteiger partial charge is 0.454 e. The smallest absolute Gasteiger partial charge is 0.418 e. The Morgan fingerprint density at radius 2 is 1.90 bits per heavy atom. The molecule has 6 nitrogen and oxygen atoms in total. The van der Waals surface area contributed by atoms with Crippen LogP contribution in [0.1, 0.15) is 11.1 Å². The van der Waals surface area contributed by atoms with E-state index in [4.69, 9.17) is 25.8 Å². The van der Waals surface area contributed by atoms with Gasteiger partial charge in [0.1, 0.15) is 0 Å². The van der Waals surface area contributed by atoms with Crippen molar-refractivity contribution in [2.24, 2.45) is 0 Å². The highest BCUT2D eigenvalue weighted by Gasteiger charge is 2.34. The van der Waals surface area contributed by atoms with Crippen LogP contribution in [0.2, 0.25) is 5.02 Å². The minimum atomic E-state index is -4.71. The third kappa shape index (κ3) is 5.41. The molecule has 0 unspecified atom stereocenters. The lowest BCUT2D eigenvalue weighted by Gasteiger charge is -2.14. The quantitative estimate of drug-likeness (QED) is 0.569. The number of carbonyl (C=O) groups is 2. The van der Waals surface area contributed by atoms with Crippen molar-refractivity contribution in [3.05, 3.63) is 58.6 Å². The first kappa shape index (κ1) is 20.5. The number of anilines is 1. The average Bonchev–Trinajstić information content (AvgIpc) is 3.13. The molecule has 0 fully saturated rings. The molecule has 1 N–H and O–H groups in total. The van der Waals surface area contributed by atoms with Gasteiger partial charge in [0.2, 0.25) is 6.79 Å². The predicted molar refractivity (Wildman–Crippen MR) is 97.6 cm³/mol. The van der Waals surface area contributed by atoms with Gasteiger partial charge in [-0.1, -0.05) is 17.7 Å². The van der Waals surface area contributed by atoms with Crippen molar-refractivity contribution in [2.75, 3.05) is 18.7 Å². The van der Waals surface area contributed by atoms with E-state index in [2.05, 4.69) is 5.32 Å². The van der Waals surface area contributed by atoms with Crippen LogP contribution in [0.3, 0.4) is 0 Å². The summed E-state index contributed by atoms with van der Waals surface area (Å²) in [5.41, 5.74) is -0.960. The summed E-state index contributed by atoms with van der Waals surface area (Å²) in [6.07, 6.45) is -2.20. The van der Waals surface area contributed by atoms with Gasteiger partial charge >= 0.3 is 12.1 Å². The molecule has 10 heteroatoms. The standard InChI is InChI=1S/C19H13ClF3NO5/c20-12-3-4-14(13(8-12)19(21,22)23)24-17(25)9-27-18(26)6-2-11-1-5-15-16(7-11)29-10-28-15/h1-8H,9-10H2,(H,24,25). The number of alkyl halides is 3. The fourth-order valence-corrected chi connectivity index (χ4v) is 2.58. The molecule has 0 radical (unpaired) electrons. The van der Waals surface area contributed by atoms with Crippen LogP contribution in [-0.4, -0.2) is 25.3 Å². The molecule has 2 aromatic rings. The van der Waals surface area contributed by atoms with Crippen LogP contribution in [0.15, 0.2) is 42.5 Å². The Hall–Kier alpha value is -3.20. The highest BCUT2D eigenvalue weighted by atomic mass is 35.5. The second kappa shape index (κ2) is 8.44. The summed E-state index contributed by atoms with van der Waals surface area (Å²) in [6, 6.07) is 7.92. The molecule has 2 aromatic carbocycles. The summed E-state index contributed by atoms with van der Waals surface area (Å²) in [4.78, 5) is 23.6. The van der Waals surface area contributed by atoms with Crippen molar-refractivity contribution in [2.45, 2.75) is 6.18 Å². The van der Waals surface area contributed by atoms with E-state index in [0.29, 0.717) is 23.1 Å². The average molecular weight is 428 g/mol. The lowest BCUT2D eigenvalue weighted by Crippen LogP contribution is -2.22. The number of fused-ring (bicyclic) bond motifs is 1. The first-order valence-corrected chi connectivity index (χ1v) is 8.51. The molecular formula is C19H13ClF3NO5. The normalized spacial score (nSPS) is 12.8. The number of esters is 1. The van der Waals surface area contributed by atoms with Crippen molar-refractivity contribution >= 4 is 35.2 Å². The zero-order valence-electron chi connectivity index (χ0n) is 14.6. The molecule has 29 heavy (non-hydrogen) atoms. The van der Waals surface area contributed by atoms with Crippen molar-refractivity contribution in [3.8, 4) is 11.5 Å². The molecule has 1 amide bonds. The maximum atomic E-state index is 13.0. The van der Waals surface area contributed by atoms with Crippen LogP contribution < -0.4 is 14.8 Å². The van der Waals surface area contributed by atoms with Crippen molar-refractivity contribution in [3.63, 3.8) is 0 Å². The van der Waals surface area contributed by atoms with Gasteiger partial charge in [-0.25, -0.2) is 4.79 Å². The fourth-order valence-electron chi connectivity index (χ4n) is 2.41. The summed E-state index contributed by atoms with van der Waals surface area (Å²) < 4.78 is 54.2. The first-order chi connectivity index (χ1) is 13.7. The van der Waals surface area contributed by atoms with E-state index in [1.807, 2.05) is 0 Å². The van der Waals surface area contributed by atoms with Gasteiger partial charge in [0.15, 0.2) is 18.1 Å². The van der Waals surface area contributed by atoms with Gasteiger partial charge in [-0.05, 0) is 42.0 Å². The van der Waals surface area contributed by atoms with E-state index in [9.17, 15) is 22.8 Å². The molecule has 1 aliphatic rings. The minimum Gasteiger partial charge on any atom is -0.454 e. The fraction of sp³-hybridized carbons (Fsp3) is 0.158. The maximum Gasteiger partial charge on any atom is 0.418 e. The van der Waals surface area contributed by atoms with E-state index in [0.717, 1.165) is 12.1 Å². The second-order valence-corrected chi connectivity index (χ2v) is 6.23. The Bertz CT molecular complexity index is 975. The van der Waals surface area contributed by atoms with Gasteiger partial charge in [0.25, 0.3) is 5.91 Å². The molecule has 152 valence electrons. The number of hydrogen-bond donors (Lipinski definition) is 1. The van der Waals surface area contributed by atoms with Gasteiger partial charge in [0, 0.05) is 11.1 Å². The number of halogens is 4. The van der Waals surface area contributed by atoms with E-state index >= 15 is 0 Å². The summed E-state index contributed by atoms with van der Waals surface area (Å²) in [5, 5.41) is 1.92. The molecule has 3 rings (SSSR count). The molecule has 1 aliphatic heterocycles. The van der Waals surface area contributed by atoms with Crippen LogP contribution >= 0.6 is 11.6 Å². The van der Waals surface area contributed by atoms with Crippen molar-refractivity contribution in [1.29, 1.82) is 0 Å². The number of hydrogen-bond acceptors (Lipinski definition) is 5. The molecule has 0 saturated heterocycles. The summed E-state index contributed by atoms with van der Waals surface area (Å²) >= 11 is 5.57. The van der Waals surface area contributed by atoms with E-state index in [1.165, 1.54) is 12.1 Å². The van der Waals surface area contributed by atoms with Crippen LogP contribution in [0, 0.1) is 0 Å². The van der Waals surface area contributed by atoms with Gasteiger partial charge in [0.05, 0.1) is 11.3 Å². The van der Waals surface area contributed by atoms with Crippen molar-refractivity contribution < 1.29 is 37.0 Å². The Kier molecular flexibility index (Phi) is 5.97. The highest BCUT2D eigenvalue weighted by molar-refractivity contribution is 6.30. The first-order valence-electron chi connectivity index (χ1n) is 8.13. The number of nitrogens with one attached hydrogen (secondary N) is 1. The highest BCUT2D eigenvalue weighted by Crippen LogP contribution is 2.36. The molecule has 0 spiro atoms.